The Morgan fingerprint density at radius 2 is 1.48 bits per heavy atom. The molecule has 0 heterocycles. The lowest BCUT2D eigenvalue weighted by molar-refractivity contribution is 0.0698. The van der Waals surface area contributed by atoms with Gasteiger partial charge in [0, 0.05) is 5.56 Å². The van der Waals surface area contributed by atoms with Gasteiger partial charge in [0.25, 0.3) is 5.91 Å². The maximum atomic E-state index is 13.0. The van der Waals surface area contributed by atoms with Crippen molar-refractivity contribution in [2.45, 2.75) is 0 Å². The summed E-state index contributed by atoms with van der Waals surface area (Å²) in [5.74, 6) is -1.84. The van der Waals surface area contributed by atoms with Crippen molar-refractivity contribution < 1.29 is 19.1 Å². The van der Waals surface area contributed by atoms with Gasteiger partial charge < -0.3 is 10.4 Å². The molecule has 0 radical (unpaired) electrons. The summed E-state index contributed by atoms with van der Waals surface area (Å²) in [5, 5.41) is 12.0. The zero-order chi connectivity index (χ0) is 19.2. The lowest BCUT2D eigenvalue weighted by Crippen LogP contribution is -2.14. The zero-order valence-corrected chi connectivity index (χ0v) is 14.2. The molecule has 0 fully saturated rings. The number of carboxylic acids is 1. The molecule has 0 aliphatic carbocycles. The molecule has 134 valence electrons. The largest absolute Gasteiger partial charge is 0.478 e. The van der Waals surface area contributed by atoms with E-state index in [2.05, 4.69) is 5.32 Å². The third kappa shape index (κ3) is 4.67. The summed E-state index contributed by atoms with van der Waals surface area (Å²) in [7, 11) is 0. The lowest BCUT2D eigenvalue weighted by Gasteiger charge is -2.10. The van der Waals surface area contributed by atoms with E-state index in [1.54, 1.807) is 66.7 Å². The molecule has 0 aromatic heterocycles. The number of carboxylic acid groups (broad SMARTS) is 1. The summed E-state index contributed by atoms with van der Waals surface area (Å²) in [6.45, 7) is 0. The molecule has 3 rings (SSSR count). The quantitative estimate of drug-likeness (QED) is 0.632. The highest BCUT2D eigenvalue weighted by molar-refractivity contribution is 6.08. The second-order valence-corrected chi connectivity index (χ2v) is 5.82. The van der Waals surface area contributed by atoms with Crippen molar-refractivity contribution in [3.8, 4) is 0 Å². The van der Waals surface area contributed by atoms with Crippen LogP contribution < -0.4 is 5.32 Å². The van der Waals surface area contributed by atoms with Crippen LogP contribution in [0.3, 0.4) is 0 Å². The van der Waals surface area contributed by atoms with Crippen molar-refractivity contribution in [2.75, 3.05) is 5.32 Å². The molecule has 3 aromatic rings. The third-order valence-corrected chi connectivity index (χ3v) is 3.90. The molecule has 3 aromatic carbocycles. The van der Waals surface area contributed by atoms with Crippen molar-refractivity contribution in [2.24, 2.45) is 0 Å². The number of benzene rings is 3. The van der Waals surface area contributed by atoms with E-state index in [1.165, 1.54) is 18.2 Å². The summed E-state index contributed by atoms with van der Waals surface area (Å²) in [5.41, 5.74) is 2.14. The number of rotatable bonds is 5. The summed E-state index contributed by atoms with van der Waals surface area (Å²) in [6.07, 6.45) is 3.54. The van der Waals surface area contributed by atoms with Crippen molar-refractivity contribution >= 4 is 29.7 Å². The number of anilines is 1. The molecule has 0 atom stereocenters. The number of halogens is 1. The van der Waals surface area contributed by atoms with Gasteiger partial charge >= 0.3 is 5.97 Å². The number of hydrogen-bond donors (Lipinski definition) is 2. The molecule has 27 heavy (non-hydrogen) atoms. The average molecular weight is 361 g/mol. The topological polar surface area (TPSA) is 66.4 Å². The minimum Gasteiger partial charge on any atom is -0.478 e. The molecule has 1 amide bonds. The average Bonchev–Trinajstić information content (AvgIpc) is 2.68. The van der Waals surface area contributed by atoms with Gasteiger partial charge in [0.2, 0.25) is 0 Å². The Balaban J connectivity index is 1.87. The van der Waals surface area contributed by atoms with Crippen molar-refractivity contribution in [3.05, 3.63) is 101 Å². The Morgan fingerprint density at radius 1 is 0.852 bits per heavy atom. The summed E-state index contributed by atoms with van der Waals surface area (Å²) in [4.78, 5) is 23.8. The molecule has 4 nitrogen and oxygen atoms in total. The fourth-order valence-electron chi connectivity index (χ4n) is 2.51. The molecule has 0 aliphatic rings. The van der Waals surface area contributed by atoms with Crippen LogP contribution in [0.5, 0.6) is 0 Å². The van der Waals surface area contributed by atoms with E-state index in [1.807, 2.05) is 0 Å². The van der Waals surface area contributed by atoms with Crippen LogP contribution in [0.15, 0.2) is 72.8 Å². The van der Waals surface area contributed by atoms with Gasteiger partial charge in [-0.3, -0.25) is 4.79 Å². The van der Waals surface area contributed by atoms with Crippen molar-refractivity contribution in [1.29, 1.82) is 0 Å². The van der Waals surface area contributed by atoms with E-state index in [9.17, 15) is 19.1 Å². The van der Waals surface area contributed by atoms with Crippen LogP contribution in [-0.2, 0) is 0 Å². The van der Waals surface area contributed by atoms with E-state index < -0.39 is 11.9 Å². The number of nitrogens with one attached hydrogen (secondary N) is 1. The third-order valence-electron chi connectivity index (χ3n) is 3.90. The normalized spacial score (nSPS) is 10.7. The van der Waals surface area contributed by atoms with Crippen LogP contribution in [0.2, 0.25) is 0 Å². The SMILES string of the molecule is O=C(Nc1cc(C=Cc2ccc(F)cc2)ccc1C(=O)O)c1ccccc1. The Bertz CT molecular complexity index is 996. The van der Waals surface area contributed by atoms with Gasteiger partial charge in [0.1, 0.15) is 5.82 Å². The van der Waals surface area contributed by atoms with E-state index in [4.69, 9.17) is 0 Å². The first-order chi connectivity index (χ1) is 13.0. The minimum absolute atomic E-state index is 0.00165. The Hall–Kier alpha value is -3.73. The summed E-state index contributed by atoms with van der Waals surface area (Å²) >= 11 is 0. The van der Waals surface area contributed by atoms with E-state index in [0.29, 0.717) is 11.1 Å². The van der Waals surface area contributed by atoms with Crippen molar-refractivity contribution in [3.63, 3.8) is 0 Å². The number of amides is 1. The van der Waals surface area contributed by atoms with Gasteiger partial charge in [-0.05, 0) is 47.5 Å². The predicted molar refractivity (Wildman–Crippen MR) is 103 cm³/mol. The molecule has 0 bridgehead atoms. The second-order valence-electron chi connectivity index (χ2n) is 5.82. The van der Waals surface area contributed by atoms with Gasteiger partial charge in [-0.1, -0.05) is 48.6 Å². The highest BCUT2D eigenvalue weighted by Crippen LogP contribution is 2.21. The van der Waals surface area contributed by atoms with Crippen LogP contribution in [0.4, 0.5) is 10.1 Å². The summed E-state index contributed by atoms with van der Waals surface area (Å²) in [6, 6.07) is 19.2. The smallest absolute Gasteiger partial charge is 0.337 e. The predicted octanol–water partition coefficient (Wildman–Crippen LogP) is 4.95. The standard InChI is InChI=1S/C22H16FNO3/c23-18-11-8-15(9-12-18)6-7-16-10-13-19(22(26)27)20(14-16)24-21(25)17-4-2-1-3-5-17/h1-14H,(H,24,25)(H,26,27). The molecule has 0 aliphatic heterocycles. The first-order valence-electron chi connectivity index (χ1n) is 8.20. The molecule has 0 unspecified atom stereocenters. The molecular formula is C22H16FNO3. The monoisotopic (exact) mass is 361 g/mol. The maximum Gasteiger partial charge on any atom is 0.337 e. The van der Waals surface area contributed by atoms with E-state index >= 15 is 0 Å². The highest BCUT2D eigenvalue weighted by Gasteiger charge is 2.13. The molecular weight excluding hydrogens is 345 g/mol. The Labute approximate surface area is 155 Å². The van der Waals surface area contributed by atoms with Gasteiger partial charge in [0.05, 0.1) is 11.3 Å². The van der Waals surface area contributed by atoms with Gasteiger partial charge in [-0.15, -0.1) is 0 Å². The number of carbonyl (C=O) groups excluding carboxylic acids is 1. The first-order valence-corrected chi connectivity index (χ1v) is 8.20. The van der Waals surface area contributed by atoms with Gasteiger partial charge in [-0.25, -0.2) is 9.18 Å². The number of carbonyl (C=O) groups is 2. The van der Waals surface area contributed by atoms with Gasteiger partial charge in [0.15, 0.2) is 0 Å². The van der Waals surface area contributed by atoms with E-state index in [0.717, 1.165) is 5.56 Å². The van der Waals surface area contributed by atoms with Crippen LogP contribution in [0, 0.1) is 5.82 Å². The lowest BCUT2D eigenvalue weighted by atomic mass is 10.1. The molecule has 0 spiro atoms. The Morgan fingerprint density at radius 3 is 2.15 bits per heavy atom. The highest BCUT2D eigenvalue weighted by atomic mass is 19.1. The summed E-state index contributed by atoms with van der Waals surface area (Å²) < 4.78 is 13.0. The van der Waals surface area contributed by atoms with Gasteiger partial charge in [-0.2, -0.15) is 0 Å². The van der Waals surface area contributed by atoms with Crippen LogP contribution in [0.1, 0.15) is 31.8 Å². The molecule has 0 saturated heterocycles. The van der Waals surface area contributed by atoms with Crippen LogP contribution >= 0.6 is 0 Å². The fourth-order valence-corrected chi connectivity index (χ4v) is 2.51. The van der Waals surface area contributed by atoms with Crippen LogP contribution in [0.25, 0.3) is 12.2 Å². The van der Waals surface area contributed by atoms with Crippen LogP contribution in [-0.4, -0.2) is 17.0 Å². The molecule has 2 N–H and O–H groups in total. The zero-order valence-electron chi connectivity index (χ0n) is 14.2. The number of hydrogen-bond acceptors (Lipinski definition) is 2. The molecule has 5 heteroatoms. The maximum absolute atomic E-state index is 13.0. The molecule has 0 saturated carbocycles. The Kier molecular flexibility index (Phi) is 5.42. The van der Waals surface area contributed by atoms with Crippen molar-refractivity contribution in [1.82, 2.24) is 0 Å². The fraction of sp³-hybridized carbons (Fsp3) is 0. The minimum atomic E-state index is -1.13. The number of aromatic carboxylic acids is 1. The van der Waals surface area contributed by atoms with E-state index in [-0.39, 0.29) is 17.1 Å². The second kappa shape index (κ2) is 8.10. The first kappa shape index (κ1) is 18.1.